The van der Waals surface area contributed by atoms with E-state index in [-0.39, 0.29) is 6.10 Å². The zero-order valence-corrected chi connectivity index (χ0v) is 13.1. The third kappa shape index (κ3) is 3.17. The second-order valence-electron chi connectivity index (χ2n) is 4.50. The summed E-state index contributed by atoms with van der Waals surface area (Å²) in [5.41, 5.74) is 6.28. The van der Waals surface area contributed by atoms with Gasteiger partial charge >= 0.3 is 0 Å². The molecule has 106 valence electrons. The van der Waals surface area contributed by atoms with Gasteiger partial charge in [0.25, 0.3) is 0 Å². The lowest BCUT2D eigenvalue weighted by Crippen LogP contribution is -2.48. The van der Waals surface area contributed by atoms with Gasteiger partial charge in [-0.3, -0.25) is 0 Å². The Kier molecular flexibility index (Phi) is 4.62. The highest BCUT2D eigenvalue weighted by Crippen LogP contribution is 2.25. The number of halogens is 1. The zero-order valence-electron chi connectivity index (χ0n) is 10.7. The Balaban J connectivity index is 2.34. The van der Waals surface area contributed by atoms with E-state index in [2.05, 4.69) is 15.9 Å². The first-order chi connectivity index (χ1) is 8.95. The molecule has 2 N–H and O–H groups in total. The average Bonchev–Trinajstić information content (AvgIpc) is 2.41. The summed E-state index contributed by atoms with van der Waals surface area (Å²) in [7, 11) is -3.49. The van der Waals surface area contributed by atoms with E-state index in [1.807, 2.05) is 6.07 Å². The lowest BCUT2D eigenvalue weighted by molar-refractivity contribution is 0.00449. The molecule has 0 aromatic heterocycles. The van der Waals surface area contributed by atoms with E-state index in [9.17, 15) is 8.42 Å². The van der Waals surface area contributed by atoms with Crippen molar-refractivity contribution in [3.8, 4) is 0 Å². The van der Waals surface area contributed by atoms with Gasteiger partial charge in [-0.1, -0.05) is 22.0 Å². The predicted molar refractivity (Wildman–Crippen MR) is 76.4 cm³/mol. The molecule has 0 aliphatic carbocycles. The first-order valence-electron chi connectivity index (χ1n) is 6.03. The Morgan fingerprint density at radius 1 is 1.53 bits per heavy atom. The van der Waals surface area contributed by atoms with Crippen LogP contribution in [0.25, 0.3) is 0 Å². The van der Waals surface area contributed by atoms with Crippen LogP contribution in [0.4, 0.5) is 0 Å². The lowest BCUT2D eigenvalue weighted by Gasteiger charge is -2.31. The van der Waals surface area contributed by atoms with Crippen molar-refractivity contribution in [3.05, 3.63) is 28.2 Å². The van der Waals surface area contributed by atoms with E-state index in [1.54, 1.807) is 19.1 Å². The summed E-state index contributed by atoms with van der Waals surface area (Å²) < 4.78 is 32.9. The van der Waals surface area contributed by atoms with Crippen molar-refractivity contribution in [2.24, 2.45) is 5.73 Å². The Bertz CT molecular complexity index is 562. The van der Waals surface area contributed by atoms with E-state index in [1.165, 1.54) is 4.31 Å². The van der Waals surface area contributed by atoms with Crippen LogP contribution in [-0.2, 0) is 14.8 Å². The van der Waals surface area contributed by atoms with Crippen LogP contribution in [0.15, 0.2) is 27.6 Å². The third-order valence-electron chi connectivity index (χ3n) is 3.13. The fraction of sp³-hybridized carbons (Fsp3) is 0.500. The Labute approximate surface area is 121 Å². The molecule has 1 heterocycles. The van der Waals surface area contributed by atoms with Gasteiger partial charge in [0.1, 0.15) is 0 Å². The SMILES string of the molecule is Cc1ccc(Br)cc1S(=O)(=O)N1CCOC(CN)C1. The number of sulfonamides is 1. The Morgan fingerprint density at radius 3 is 2.95 bits per heavy atom. The second kappa shape index (κ2) is 5.88. The molecule has 1 fully saturated rings. The minimum absolute atomic E-state index is 0.226. The third-order valence-corrected chi connectivity index (χ3v) is 5.63. The van der Waals surface area contributed by atoms with E-state index < -0.39 is 10.0 Å². The maximum atomic E-state index is 12.6. The summed E-state index contributed by atoms with van der Waals surface area (Å²) >= 11 is 3.31. The van der Waals surface area contributed by atoms with Crippen LogP contribution < -0.4 is 5.73 Å². The van der Waals surface area contributed by atoms with Crippen molar-refractivity contribution in [3.63, 3.8) is 0 Å². The molecule has 1 saturated heterocycles. The maximum Gasteiger partial charge on any atom is 0.243 e. The molecule has 19 heavy (non-hydrogen) atoms. The summed E-state index contributed by atoms with van der Waals surface area (Å²) in [6.07, 6.45) is -0.226. The molecule has 1 aromatic carbocycles. The van der Waals surface area contributed by atoms with E-state index in [0.29, 0.717) is 31.1 Å². The van der Waals surface area contributed by atoms with Crippen LogP contribution >= 0.6 is 15.9 Å². The normalized spacial score (nSPS) is 21.5. The summed E-state index contributed by atoms with van der Waals surface area (Å²) in [5.74, 6) is 0. The molecule has 1 unspecified atom stereocenters. The minimum Gasteiger partial charge on any atom is -0.374 e. The minimum atomic E-state index is -3.49. The lowest BCUT2D eigenvalue weighted by atomic mass is 10.2. The van der Waals surface area contributed by atoms with Crippen LogP contribution in [0, 0.1) is 6.92 Å². The van der Waals surface area contributed by atoms with Crippen molar-refractivity contribution < 1.29 is 13.2 Å². The predicted octanol–water partition coefficient (Wildman–Crippen LogP) is 1.11. The van der Waals surface area contributed by atoms with E-state index in [4.69, 9.17) is 10.5 Å². The van der Waals surface area contributed by atoms with Gasteiger partial charge in [0, 0.05) is 24.1 Å². The van der Waals surface area contributed by atoms with E-state index in [0.717, 1.165) is 10.0 Å². The van der Waals surface area contributed by atoms with Gasteiger partial charge in [0.05, 0.1) is 17.6 Å². The monoisotopic (exact) mass is 348 g/mol. The molecule has 1 aliphatic rings. The van der Waals surface area contributed by atoms with Gasteiger partial charge in [-0.15, -0.1) is 0 Å². The van der Waals surface area contributed by atoms with Crippen LogP contribution in [0.2, 0.25) is 0 Å². The number of rotatable bonds is 3. The van der Waals surface area contributed by atoms with E-state index >= 15 is 0 Å². The molecule has 7 heteroatoms. The van der Waals surface area contributed by atoms with Crippen molar-refractivity contribution in [2.75, 3.05) is 26.2 Å². The molecule has 0 bridgehead atoms. The van der Waals surface area contributed by atoms with Crippen LogP contribution in [0.1, 0.15) is 5.56 Å². The highest BCUT2D eigenvalue weighted by molar-refractivity contribution is 9.10. The first kappa shape index (κ1) is 14.9. The Hall–Kier alpha value is -0.470. The molecule has 0 radical (unpaired) electrons. The molecular weight excluding hydrogens is 332 g/mol. The molecular formula is C12H17BrN2O3S. The van der Waals surface area contributed by atoms with Gasteiger partial charge in [0.15, 0.2) is 0 Å². The number of morpholine rings is 1. The number of aryl methyl sites for hydroxylation is 1. The largest absolute Gasteiger partial charge is 0.374 e. The molecule has 0 saturated carbocycles. The molecule has 0 spiro atoms. The number of nitrogens with two attached hydrogens (primary N) is 1. The van der Waals surface area contributed by atoms with Gasteiger partial charge < -0.3 is 10.5 Å². The van der Waals surface area contributed by atoms with Gasteiger partial charge in [-0.2, -0.15) is 4.31 Å². The number of nitrogens with zero attached hydrogens (tertiary/aromatic N) is 1. The maximum absolute atomic E-state index is 12.6. The zero-order chi connectivity index (χ0) is 14.0. The fourth-order valence-corrected chi connectivity index (χ4v) is 4.26. The number of ether oxygens (including phenoxy) is 1. The first-order valence-corrected chi connectivity index (χ1v) is 8.26. The summed E-state index contributed by atoms with van der Waals surface area (Å²) in [5, 5.41) is 0. The van der Waals surface area contributed by atoms with Crippen LogP contribution in [0.3, 0.4) is 0 Å². The van der Waals surface area contributed by atoms with Crippen molar-refractivity contribution in [1.82, 2.24) is 4.31 Å². The van der Waals surface area contributed by atoms with Gasteiger partial charge in [-0.05, 0) is 24.6 Å². The second-order valence-corrected chi connectivity index (χ2v) is 7.32. The average molecular weight is 349 g/mol. The highest BCUT2D eigenvalue weighted by Gasteiger charge is 2.31. The van der Waals surface area contributed by atoms with Gasteiger partial charge in [-0.25, -0.2) is 8.42 Å². The van der Waals surface area contributed by atoms with Gasteiger partial charge in [0.2, 0.25) is 10.0 Å². The number of hydrogen-bond donors (Lipinski definition) is 1. The van der Waals surface area contributed by atoms with Crippen molar-refractivity contribution in [2.45, 2.75) is 17.9 Å². The topological polar surface area (TPSA) is 72.6 Å². The summed E-state index contributed by atoms with van der Waals surface area (Å²) in [6, 6.07) is 5.26. The highest BCUT2D eigenvalue weighted by atomic mass is 79.9. The van der Waals surface area contributed by atoms with Crippen molar-refractivity contribution >= 4 is 26.0 Å². The molecule has 0 amide bonds. The fourth-order valence-electron chi connectivity index (χ4n) is 2.04. The van der Waals surface area contributed by atoms with Crippen LogP contribution in [-0.4, -0.2) is 45.1 Å². The summed E-state index contributed by atoms with van der Waals surface area (Å²) in [4.78, 5) is 0.333. The smallest absolute Gasteiger partial charge is 0.243 e. The number of hydrogen-bond acceptors (Lipinski definition) is 4. The molecule has 1 aromatic rings. The molecule has 5 nitrogen and oxygen atoms in total. The molecule has 1 aliphatic heterocycles. The molecule has 2 rings (SSSR count). The molecule has 1 atom stereocenters. The van der Waals surface area contributed by atoms with Crippen LogP contribution in [0.5, 0.6) is 0 Å². The number of benzene rings is 1. The standard InChI is InChI=1S/C12H17BrN2O3S/c1-9-2-3-10(13)6-12(9)19(16,17)15-4-5-18-11(7-14)8-15/h2-3,6,11H,4-5,7-8,14H2,1H3. The summed E-state index contributed by atoms with van der Waals surface area (Å²) in [6.45, 7) is 3.17. The van der Waals surface area contributed by atoms with Crippen molar-refractivity contribution in [1.29, 1.82) is 0 Å². The Morgan fingerprint density at radius 2 is 2.26 bits per heavy atom. The quantitative estimate of drug-likeness (QED) is 0.887.